The number of carboxylic acid groups (broad SMARTS) is 1. The van der Waals surface area contributed by atoms with Gasteiger partial charge in [-0.2, -0.15) is 5.26 Å². The summed E-state index contributed by atoms with van der Waals surface area (Å²) >= 11 is 5.51. The second-order valence-electron chi connectivity index (χ2n) is 2.80. The zero-order valence-corrected chi connectivity index (χ0v) is 8.56. The summed E-state index contributed by atoms with van der Waals surface area (Å²) in [4.78, 5) is 20.6. The van der Waals surface area contributed by atoms with E-state index in [-0.39, 0.29) is 17.0 Å². The molecule has 0 radical (unpaired) electrons. The van der Waals surface area contributed by atoms with Gasteiger partial charge in [0.1, 0.15) is 6.07 Å². The highest BCUT2D eigenvalue weighted by Gasteiger charge is 2.25. The molecule has 0 atom stereocenters. The van der Waals surface area contributed by atoms with E-state index in [2.05, 4.69) is 0 Å². The summed E-state index contributed by atoms with van der Waals surface area (Å²) in [5.41, 5.74) is -1.24. The van der Waals surface area contributed by atoms with E-state index in [1.165, 1.54) is 6.07 Å². The van der Waals surface area contributed by atoms with Crippen LogP contribution in [0.5, 0.6) is 0 Å². The number of nitro groups is 1. The van der Waals surface area contributed by atoms with Gasteiger partial charge in [-0.3, -0.25) is 10.1 Å². The molecule has 7 heteroatoms. The van der Waals surface area contributed by atoms with Crippen molar-refractivity contribution in [1.82, 2.24) is 0 Å². The molecular formula is C9H5ClN2O4. The minimum atomic E-state index is -1.52. The topological polar surface area (TPSA) is 104 Å². The van der Waals surface area contributed by atoms with Crippen molar-refractivity contribution in [3.63, 3.8) is 0 Å². The molecule has 0 aliphatic carbocycles. The zero-order chi connectivity index (χ0) is 12.3. The van der Waals surface area contributed by atoms with Gasteiger partial charge in [0.05, 0.1) is 10.5 Å². The van der Waals surface area contributed by atoms with Gasteiger partial charge in [-0.25, -0.2) is 4.79 Å². The number of aromatic carboxylic acids is 1. The number of nitrogens with zero attached hydrogens (tertiary/aromatic N) is 2. The number of rotatable bonds is 3. The molecule has 1 N–H and O–H groups in total. The fraction of sp³-hybridized carbons (Fsp3) is 0.111. The second-order valence-corrected chi connectivity index (χ2v) is 3.07. The zero-order valence-electron chi connectivity index (χ0n) is 7.81. The van der Waals surface area contributed by atoms with E-state index >= 15 is 0 Å². The first-order valence-corrected chi connectivity index (χ1v) is 4.56. The van der Waals surface area contributed by atoms with Crippen LogP contribution in [0.2, 0.25) is 0 Å². The molecule has 1 aromatic carbocycles. The van der Waals surface area contributed by atoms with Gasteiger partial charge in [0.25, 0.3) is 5.69 Å². The highest BCUT2D eigenvalue weighted by molar-refractivity contribution is 6.17. The third-order valence-electron chi connectivity index (χ3n) is 1.94. The maximum Gasteiger partial charge on any atom is 0.344 e. The predicted octanol–water partition coefficient (Wildman–Crippen LogP) is 1.90. The largest absolute Gasteiger partial charge is 0.477 e. The average molecular weight is 241 g/mol. The van der Waals surface area contributed by atoms with E-state index in [4.69, 9.17) is 22.0 Å². The lowest BCUT2D eigenvalue weighted by atomic mass is 10.0. The van der Waals surface area contributed by atoms with E-state index in [0.717, 1.165) is 6.07 Å². The lowest BCUT2D eigenvalue weighted by molar-refractivity contribution is -0.385. The van der Waals surface area contributed by atoms with Gasteiger partial charge in [-0.05, 0) is 11.6 Å². The van der Waals surface area contributed by atoms with Crippen molar-refractivity contribution in [3.05, 3.63) is 38.9 Å². The molecule has 0 amide bonds. The van der Waals surface area contributed by atoms with Crippen molar-refractivity contribution in [3.8, 4) is 6.07 Å². The van der Waals surface area contributed by atoms with Crippen LogP contribution in [-0.2, 0) is 5.88 Å². The van der Waals surface area contributed by atoms with Gasteiger partial charge >= 0.3 is 5.97 Å². The predicted molar refractivity (Wildman–Crippen MR) is 54.3 cm³/mol. The number of carboxylic acids is 1. The normalized spacial score (nSPS) is 9.50. The molecule has 0 fully saturated rings. The number of alkyl halides is 1. The highest BCUT2D eigenvalue weighted by atomic mass is 35.5. The Kier molecular flexibility index (Phi) is 3.43. The molecule has 1 rings (SSSR count). The van der Waals surface area contributed by atoms with Crippen LogP contribution < -0.4 is 0 Å². The molecule has 6 nitrogen and oxygen atoms in total. The van der Waals surface area contributed by atoms with Crippen molar-refractivity contribution < 1.29 is 14.8 Å². The summed E-state index contributed by atoms with van der Waals surface area (Å²) in [7, 11) is 0. The van der Waals surface area contributed by atoms with E-state index in [1.54, 1.807) is 6.07 Å². The summed E-state index contributed by atoms with van der Waals surface area (Å²) < 4.78 is 0. The third-order valence-corrected chi connectivity index (χ3v) is 2.22. The lowest BCUT2D eigenvalue weighted by Gasteiger charge is -2.04. The quantitative estimate of drug-likeness (QED) is 0.494. The molecule has 0 saturated heterocycles. The molecule has 16 heavy (non-hydrogen) atoms. The molecule has 0 heterocycles. The van der Waals surface area contributed by atoms with Crippen LogP contribution in [-0.4, -0.2) is 16.0 Å². The summed E-state index contributed by atoms with van der Waals surface area (Å²) in [6.07, 6.45) is 0. The Hall–Kier alpha value is -2.13. The summed E-state index contributed by atoms with van der Waals surface area (Å²) in [6, 6.07) is 3.93. The van der Waals surface area contributed by atoms with Crippen LogP contribution in [0.25, 0.3) is 0 Å². The van der Waals surface area contributed by atoms with Gasteiger partial charge in [0.2, 0.25) is 0 Å². The number of carbonyl (C=O) groups is 1. The molecule has 1 aromatic rings. The smallest absolute Gasteiger partial charge is 0.344 e. The maximum atomic E-state index is 10.9. The number of halogens is 1. The Balaban J connectivity index is 3.65. The maximum absolute atomic E-state index is 10.9. The first kappa shape index (κ1) is 11.9. The van der Waals surface area contributed by atoms with E-state index in [1.807, 2.05) is 0 Å². The molecule has 0 bridgehead atoms. The minimum Gasteiger partial charge on any atom is -0.477 e. The van der Waals surface area contributed by atoms with Crippen molar-refractivity contribution in [2.45, 2.75) is 5.88 Å². The third kappa shape index (κ3) is 1.94. The Bertz CT molecular complexity index is 507. The fourth-order valence-electron chi connectivity index (χ4n) is 1.24. The number of hydrogen-bond acceptors (Lipinski definition) is 4. The fourth-order valence-corrected chi connectivity index (χ4v) is 1.47. The Morgan fingerprint density at radius 1 is 1.62 bits per heavy atom. The van der Waals surface area contributed by atoms with Gasteiger partial charge in [0.15, 0.2) is 5.56 Å². The van der Waals surface area contributed by atoms with E-state index in [0.29, 0.717) is 0 Å². The molecule has 0 aliphatic heterocycles. The molecule has 0 unspecified atom stereocenters. The van der Waals surface area contributed by atoms with Gasteiger partial charge in [-0.15, -0.1) is 11.6 Å². The number of benzene rings is 1. The Labute approximate surface area is 94.8 Å². The summed E-state index contributed by atoms with van der Waals surface area (Å²) in [5, 5.41) is 28.2. The standard InChI is InChI=1S/C9H5ClN2O4/c10-3-5-1-2-7(12(15)16)8(9(13)14)6(5)4-11/h1-2H,3H2,(H,13,14). The van der Waals surface area contributed by atoms with Crippen LogP contribution in [0, 0.1) is 21.4 Å². The Morgan fingerprint density at radius 3 is 2.62 bits per heavy atom. The van der Waals surface area contributed by atoms with Crippen molar-refractivity contribution in [2.75, 3.05) is 0 Å². The van der Waals surface area contributed by atoms with Crippen molar-refractivity contribution >= 4 is 23.3 Å². The van der Waals surface area contributed by atoms with Crippen LogP contribution in [0.15, 0.2) is 12.1 Å². The number of hydrogen-bond donors (Lipinski definition) is 1. The molecule has 82 valence electrons. The molecule has 0 aromatic heterocycles. The molecule has 0 saturated carbocycles. The monoisotopic (exact) mass is 240 g/mol. The van der Waals surface area contributed by atoms with E-state index < -0.39 is 22.1 Å². The lowest BCUT2D eigenvalue weighted by Crippen LogP contribution is -2.07. The SMILES string of the molecule is N#Cc1c(CCl)ccc([N+](=O)[O-])c1C(=O)O. The Morgan fingerprint density at radius 2 is 2.25 bits per heavy atom. The summed E-state index contributed by atoms with van der Waals surface area (Å²) in [5.74, 6) is -1.60. The van der Waals surface area contributed by atoms with Gasteiger partial charge in [0, 0.05) is 11.9 Å². The van der Waals surface area contributed by atoms with Crippen LogP contribution in [0.4, 0.5) is 5.69 Å². The van der Waals surface area contributed by atoms with Gasteiger partial charge in [-0.1, -0.05) is 0 Å². The van der Waals surface area contributed by atoms with E-state index in [9.17, 15) is 14.9 Å². The van der Waals surface area contributed by atoms with Crippen LogP contribution >= 0.6 is 11.6 Å². The first-order chi connectivity index (χ1) is 7.52. The first-order valence-electron chi connectivity index (χ1n) is 4.02. The highest BCUT2D eigenvalue weighted by Crippen LogP contribution is 2.26. The average Bonchev–Trinajstić information content (AvgIpc) is 2.26. The van der Waals surface area contributed by atoms with Crippen molar-refractivity contribution in [1.29, 1.82) is 5.26 Å². The van der Waals surface area contributed by atoms with Gasteiger partial charge < -0.3 is 5.11 Å². The molecular weight excluding hydrogens is 236 g/mol. The van der Waals surface area contributed by atoms with Crippen LogP contribution in [0.3, 0.4) is 0 Å². The number of nitriles is 1. The minimum absolute atomic E-state index is 0.0822. The van der Waals surface area contributed by atoms with Crippen LogP contribution in [0.1, 0.15) is 21.5 Å². The van der Waals surface area contributed by atoms with Crippen molar-refractivity contribution in [2.24, 2.45) is 0 Å². The molecule has 0 spiro atoms. The second kappa shape index (κ2) is 4.59. The molecule has 0 aliphatic rings. The summed E-state index contributed by atoms with van der Waals surface area (Å²) in [6.45, 7) is 0. The number of nitro benzene ring substituents is 1.